The molecule has 1 aliphatic carbocycles. The zero-order valence-electron chi connectivity index (χ0n) is 17.3. The number of pyridine rings is 1. The lowest BCUT2D eigenvalue weighted by Gasteiger charge is -2.28. The van der Waals surface area contributed by atoms with Crippen LogP contribution in [0.4, 0.5) is 0 Å². The highest BCUT2D eigenvalue weighted by atomic mass is 32.1. The van der Waals surface area contributed by atoms with E-state index >= 15 is 0 Å². The SMILES string of the molecule is O=C(c1ccc2ccccc2n1)N1N=C2/C(=C\c3cccs3)CCC[C@H]2[C@@H]1c1cccs1. The van der Waals surface area contributed by atoms with Crippen molar-refractivity contribution in [3.63, 3.8) is 0 Å². The molecule has 0 saturated heterocycles. The van der Waals surface area contributed by atoms with Gasteiger partial charge < -0.3 is 0 Å². The minimum Gasteiger partial charge on any atom is -0.265 e. The van der Waals surface area contributed by atoms with E-state index in [0.29, 0.717) is 5.69 Å². The van der Waals surface area contributed by atoms with E-state index < -0.39 is 0 Å². The Bertz CT molecular complexity index is 1340. The van der Waals surface area contributed by atoms with Gasteiger partial charge >= 0.3 is 0 Å². The molecule has 0 N–H and O–H groups in total. The molecule has 0 unspecified atom stereocenters. The zero-order chi connectivity index (χ0) is 21.5. The fraction of sp³-hybridized carbons (Fsp3) is 0.192. The van der Waals surface area contributed by atoms with Crippen LogP contribution in [0.25, 0.3) is 17.0 Å². The van der Waals surface area contributed by atoms with Crippen molar-refractivity contribution >= 4 is 51.3 Å². The quantitative estimate of drug-likeness (QED) is 0.341. The third-order valence-electron chi connectivity index (χ3n) is 6.22. The van der Waals surface area contributed by atoms with Crippen molar-refractivity contribution in [2.75, 3.05) is 0 Å². The van der Waals surface area contributed by atoms with Crippen LogP contribution >= 0.6 is 22.7 Å². The van der Waals surface area contributed by atoms with E-state index in [2.05, 4.69) is 46.1 Å². The molecule has 2 atom stereocenters. The molecule has 1 saturated carbocycles. The van der Waals surface area contributed by atoms with Crippen LogP contribution in [-0.4, -0.2) is 21.6 Å². The number of allylic oxidation sites excluding steroid dienone is 1. The fourth-order valence-electron chi connectivity index (χ4n) is 4.75. The van der Waals surface area contributed by atoms with Gasteiger partial charge in [-0.05, 0) is 65.9 Å². The maximum atomic E-state index is 13.7. The highest BCUT2D eigenvalue weighted by Crippen LogP contribution is 2.46. The van der Waals surface area contributed by atoms with Crippen LogP contribution in [-0.2, 0) is 0 Å². The molecule has 32 heavy (non-hydrogen) atoms. The van der Waals surface area contributed by atoms with Crippen molar-refractivity contribution in [1.82, 2.24) is 9.99 Å². The van der Waals surface area contributed by atoms with Crippen molar-refractivity contribution in [2.45, 2.75) is 25.3 Å². The van der Waals surface area contributed by atoms with Gasteiger partial charge in [-0.1, -0.05) is 36.4 Å². The van der Waals surface area contributed by atoms with Gasteiger partial charge in [-0.15, -0.1) is 22.7 Å². The van der Waals surface area contributed by atoms with Gasteiger partial charge in [0.2, 0.25) is 0 Å². The molecular formula is C26H21N3OS2. The Kier molecular flexibility index (Phi) is 4.97. The topological polar surface area (TPSA) is 45.6 Å². The van der Waals surface area contributed by atoms with Gasteiger partial charge in [-0.2, -0.15) is 5.10 Å². The maximum Gasteiger partial charge on any atom is 0.293 e. The summed E-state index contributed by atoms with van der Waals surface area (Å²) in [7, 11) is 0. The number of hydrogen-bond acceptors (Lipinski definition) is 5. The number of aromatic nitrogens is 1. The number of fused-ring (bicyclic) bond motifs is 2. The Morgan fingerprint density at radius 3 is 2.72 bits per heavy atom. The number of hydrogen-bond donors (Lipinski definition) is 0. The third-order valence-corrected chi connectivity index (χ3v) is 7.98. The Morgan fingerprint density at radius 1 is 1.00 bits per heavy atom. The average Bonchev–Trinajstić information content (AvgIpc) is 3.59. The summed E-state index contributed by atoms with van der Waals surface area (Å²) in [6.45, 7) is 0. The molecular weight excluding hydrogens is 434 g/mol. The minimum atomic E-state index is -0.133. The number of para-hydroxylation sites is 1. The first kappa shape index (κ1) is 19.6. The third kappa shape index (κ3) is 3.40. The molecule has 1 amide bonds. The van der Waals surface area contributed by atoms with Crippen molar-refractivity contribution in [3.05, 3.63) is 92.4 Å². The predicted molar refractivity (Wildman–Crippen MR) is 132 cm³/mol. The number of hydrazone groups is 1. The number of rotatable bonds is 3. The molecule has 2 aliphatic rings. The zero-order valence-corrected chi connectivity index (χ0v) is 19.0. The second kappa shape index (κ2) is 8.11. The molecule has 3 aromatic heterocycles. The van der Waals surface area contributed by atoms with Crippen LogP contribution in [0, 0.1) is 5.92 Å². The molecule has 0 spiro atoms. The summed E-state index contributed by atoms with van der Waals surface area (Å²) in [6.07, 6.45) is 5.40. The summed E-state index contributed by atoms with van der Waals surface area (Å²) in [5.74, 6) is 0.0875. The van der Waals surface area contributed by atoms with Crippen molar-refractivity contribution in [3.8, 4) is 0 Å². The van der Waals surface area contributed by atoms with E-state index in [1.807, 2.05) is 36.4 Å². The van der Waals surface area contributed by atoms with Gasteiger partial charge in [0.25, 0.3) is 5.91 Å². The van der Waals surface area contributed by atoms with Crippen LogP contribution < -0.4 is 0 Å². The largest absolute Gasteiger partial charge is 0.293 e. The molecule has 0 radical (unpaired) electrons. The second-order valence-electron chi connectivity index (χ2n) is 8.17. The molecule has 1 aliphatic heterocycles. The second-order valence-corrected chi connectivity index (χ2v) is 10.1. The fourth-order valence-corrected chi connectivity index (χ4v) is 6.31. The Hall–Kier alpha value is -3.09. The highest BCUT2D eigenvalue weighted by molar-refractivity contribution is 7.11. The number of amides is 1. The Balaban J connectivity index is 1.43. The molecule has 4 nitrogen and oxygen atoms in total. The van der Waals surface area contributed by atoms with Crippen LogP contribution in [0.15, 0.2) is 82.1 Å². The summed E-state index contributed by atoms with van der Waals surface area (Å²) < 4.78 is 0. The van der Waals surface area contributed by atoms with E-state index in [4.69, 9.17) is 5.10 Å². The number of nitrogens with zero attached hydrogens (tertiary/aromatic N) is 3. The Labute approximate surface area is 194 Å². The molecule has 1 aromatic carbocycles. The van der Waals surface area contributed by atoms with Gasteiger partial charge in [0.05, 0.1) is 17.3 Å². The van der Waals surface area contributed by atoms with Gasteiger partial charge in [-0.25, -0.2) is 9.99 Å². The van der Waals surface area contributed by atoms with E-state index in [-0.39, 0.29) is 17.9 Å². The first-order chi connectivity index (χ1) is 15.8. The smallest absolute Gasteiger partial charge is 0.265 e. The van der Waals surface area contributed by atoms with Gasteiger partial charge in [0.15, 0.2) is 0 Å². The summed E-state index contributed by atoms with van der Waals surface area (Å²) >= 11 is 3.43. The van der Waals surface area contributed by atoms with Gasteiger partial charge in [0.1, 0.15) is 5.69 Å². The normalized spacial score (nSPS) is 21.7. The number of thiophene rings is 2. The minimum absolute atomic E-state index is 0.0715. The molecule has 4 aromatic rings. The van der Waals surface area contributed by atoms with Crippen molar-refractivity contribution in [1.29, 1.82) is 0 Å². The van der Waals surface area contributed by atoms with Crippen LogP contribution in [0.2, 0.25) is 0 Å². The standard InChI is InChI=1S/C26H21N3OS2/c30-26(22-13-12-17-6-1-2-10-21(17)27-22)29-25(23-11-5-15-32-23)20-9-3-7-18(24(20)28-29)16-19-8-4-14-31-19/h1-2,4-6,8,10-16,20,25H,3,7,9H2/b18-16-/t20-,25-/m1/s1. The molecule has 0 bridgehead atoms. The lowest BCUT2D eigenvalue weighted by atomic mass is 9.79. The van der Waals surface area contributed by atoms with Crippen LogP contribution in [0.5, 0.6) is 0 Å². The molecule has 1 fully saturated rings. The molecule has 4 heterocycles. The van der Waals surface area contributed by atoms with E-state index in [9.17, 15) is 4.79 Å². The highest BCUT2D eigenvalue weighted by Gasteiger charge is 2.44. The predicted octanol–water partition coefficient (Wildman–Crippen LogP) is 6.79. The van der Waals surface area contributed by atoms with E-state index in [1.165, 1.54) is 15.3 Å². The first-order valence-electron chi connectivity index (χ1n) is 10.8. The summed E-state index contributed by atoms with van der Waals surface area (Å²) in [5.41, 5.74) is 3.59. The number of carbonyl (C=O) groups is 1. The van der Waals surface area contributed by atoms with Gasteiger partial charge in [-0.3, -0.25) is 4.79 Å². The summed E-state index contributed by atoms with van der Waals surface area (Å²) in [6, 6.07) is 20.0. The lowest BCUT2D eigenvalue weighted by Crippen LogP contribution is -2.31. The van der Waals surface area contributed by atoms with Crippen LogP contribution in [0.1, 0.15) is 45.5 Å². The Morgan fingerprint density at radius 2 is 1.88 bits per heavy atom. The van der Waals surface area contributed by atoms with Crippen LogP contribution in [0.3, 0.4) is 0 Å². The number of benzene rings is 1. The molecule has 6 heteroatoms. The maximum absolute atomic E-state index is 13.7. The monoisotopic (exact) mass is 455 g/mol. The summed E-state index contributed by atoms with van der Waals surface area (Å²) in [5, 5.41) is 11.9. The molecule has 158 valence electrons. The lowest BCUT2D eigenvalue weighted by molar-refractivity contribution is 0.0678. The summed E-state index contributed by atoms with van der Waals surface area (Å²) in [4.78, 5) is 20.8. The molecule has 6 rings (SSSR count). The van der Waals surface area contributed by atoms with E-state index in [0.717, 1.165) is 35.9 Å². The first-order valence-corrected chi connectivity index (χ1v) is 12.6. The van der Waals surface area contributed by atoms with Crippen molar-refractivity contribution < 1.29 is 4.79 Å². The average molecular weight is 456 g/mol. The number of carbonyl (C=O) groups excluding carboxylic acids is 1. The van der Waals surface area contributed by atoms with E-state index in [1.54, 1.807) is 27.7 Å². The van der Waals surface area contributed by atoms with Gasteiger partial charge in [0, 0.05) is 21.1 Å². The van der Waals surface area contributed by atoms with Crippen molar-refractivity contribution in [2.24, 2.45) is 11.0 Å².